The van der Waals surface area contributed by atoms with Gasteiger partial charge in [-0.1, -0.05) is 28.1 Å². The van der Waals surface area contributed by atoms with Crippen LogP contribution < -0.4 is 4.74 Å². The van der Waals surface area contributed by atoms with Crippen LogP contribution in [0.25, 0.3) is 0 Å². The molecule has 2 aromatic carbocycles. The molecule has 0 N–H and O–H groups in total. The Kier molecular flexibility index (Phi) is 4.90. The lowest BCUT2D eigenvalue weighted by Gasteiger charge is -2.07. The summed E-state index contributed by atoms with van der Waals surface area (Å²) in [6.45, 7) is 2.44. The number of carbonyl (C=O) groups is 1. The summed E-state index contributed by atoms with van der Waals surface area (Å²) in [4.78, 5) is 12.2. The van der Waals surface area contributed by atoms with Crippen LogP contribution in [0.5, 0.6) is 5.75 Å². The maximum atomic E-state index is 13.2. The van der Waals surface area contributed by atoms with Crippen molar-refractivity contribution in [1.29, 1.82) is 0 Å². The highest BCUT2D eigenvalue weighted by Gasteiger charge is 2.11. The van der Waals surface area contributed by atoms with Crippen LogP contribution in [-0.2, 0) is 6.42 Å². The van der Waals surface area contributed by atoms with Crippen molar-refractivity contribution < 1.29 is 13.9 Å². The Morgan fingerprint density at radius 3 is 2.80 bits per heavy atom. The monoisotopic (exact) mass is 336 g/mol. The summed E-state index contributed by atoms with van der Waals surface area (Å²) >= 11 is 3.33. The van der Waals surface area contributed by atoms with E-state index in [1.54, 1.807) is 30.3 Å². The minimum Gasteiger partial charge on any atom is -0.494 e. The second kappa shape index (κ2) is 6.66. The maximum absolute atomic E-state index is 13.2. The van der Waals surface area contributed by atoms with Crippen LogP contribution in [0.15, 0.2) is 46.9 Å². The fourth-order valence-electron chi connectivity index (χ4n) is 1.88. The number of halogens is 2. The maximum Gasteiger partial charge on any atom is 0.167 e. The first kappa shape index (κ1) is 14.7. The molecule has 0 aliphatic rings. The molecule has 0 saturated carbocycles. The molecule has 0 atom stereocenters. The lowest BCUT2D eigenvalue weighted by molar-refractivity contribution is 0.0992. The van der Waals surface area contributed by atoms with Gasteiger partial charge < -0.3 is 4.74 Å². The van der Waals surface area contributed by atoms with Gasteiger partial charge in [0.15, 0.2) is 5.78 Å². The number of rotatable bonds is 5. The summed E-state index contributed by atoms with van der Waals surface area (Å²) in [6, 6.07) is 11.4. The van der Waals surface area contributed by atoms with E-state index in [-0.39, 0.29) is 18.0 Å². The first-order chi connectivity index (χ1) is 9.60. The second-order valence-electron chi connectivity index (χ2n) is 4.30. The molecule has 0 heterocycles. The van der Waals surface area contributed by atoms with Crippen molar-refractivity contribution >= 4 is 21.7 Å². The van der Waals surface area contributed by atoms with Gasteiger partial charge in [0.1, 0.15) is 11.6 Å². The van der Waals surface area contributed by atoms with E-state index in [0.717, 1.165) is 4.47 Å². The van der Waals surface area contributed by atoms with Gasteiger partial charge in [-0.3, -0.25) is 4.79 Å². The van der Waals surface area contributed by atoms with Crippen LogP contribution in [0, 0.1) is 5.82 Å². The lowest BCUT2D eigenvalue weighted by atomic mass is 10.0. The smallest absolute Gasteiger partial charge is 0.167 e. The predicted molar refractivity (Wildman–Crippen MR) is 79.7 cm³/mol. The number of benzene rings is 2. The van der Waals surface area contributed by atoms with Crippen LogP contribution in [0.3, 0.4) is 0 Å². The Labute approximate surface area is 125 Å². The molecular formula is C16H14BrFO2. The highest BCUT2D eigenvalue weighted by atomic mass is 79.9. The Balaban J connectivity index is 2.19. The van der Waals surface area contributed by atoms with Crippen molar-refractivity contribution in [2.45, 2.75) is 13.3 Å². The molecule has 20 heavy (non-hydrogen) atoms. The quantitative estimate of drug-likeness (QED) is 0.756. The fraction of sp³-hybridized carbons (Fsp3) is 0.188. The molecule has 2 rings (SSSR count). The van der Waals surface area contributed by atoms with Crippen LogP contribution in [0.4, 0.5) is 4.39 Å². The first-order valence-electron chi connectivity index (χ1n) is 6.30. The molecule has 0 bridgehead atoms. The SMILES string of the molecule is CCOc1cccc(C(=O)Cc2cc(F)ccc2Br)c1. The first-order valence-corrected chi connectivity index (χ1v) is 7.09. The van der Waals surface area contributed by atoms with Gasteiger partial charge in [0.2, 0.25) is 0 Å². The van der Waals surface area contributed by atoms with Crippen molar-refractivity contribution in [2.24, 2.45) is 0 Å². The molecule has 0 unspecified atom stereocenters. The zero-order valence-corrected chi connectivity index (χ0v) is 12.6. The molecule has 0 amide bonds. The Morgan fingerprint density at radius 2 is 2.05 bits per heavy atom. The highest BCUT2D eigenvalue weighted by Crippen LogP contribution is 2.21. The van der Waals surface area contributed by atoms with Crippen LogP contribution in [0.1, 0.15) is 22.8 Å². The van der Waals surface area contributed by atoms with Gasteiger partial charge in [-0.15, -0.1) is 0 Å². The molecular weight excluding hydrogens is 323 g/mol. The molecule has 0 spiro atoms. The van der Waals surface area contributed by atoms with Crippen molar-refractivity contribution in [1.82, 2.24) is 0 Å². The largest absolute Gasteiger partial charge is 0.494 e. The van der Waals surface area contributed by atoms with Gasteiger partial charge in [-0.25, -0.2) is 4.39 Å². The van der Waals surface area contributed by atoms with E-state index < -0.39 is 0 Å². The number of Topliss-reactive ketones (excluding diaryl/α,β-unsaturated/α-hetero) is 1. The van der Waals surface area contributed by atoms with E-state index in [9.17, 15) is 9.18 Å². The van der Waals surface area contributed by atoms with Gasteiger partial charge in [-0.05, 0) is 42.8 Å². The molecule has 0 aromatic heterocycles. The molecule has 0 fully saturated rings. The minimum atomic E-state index is -0.348. The number of ether oxygens (including phenoxy) is 1. The Hall–Kier alpha value is -1.68. The summed E-state index contributed by atoms with van der Waals surface area (Å²) < 4.78 is 19.3. The molecule has 0 aliphatic heterocycles. The average Bonchev–Trinajstić information content (AvgIpc) is 2.43. The van der Waals surface area contributed by atoms with E-state index in [1.165, 1.54) is 12.1 Å². The normalized spacial score (nSPS) is 10.3. The Bertz CT molecular complexity index is 626. The summed E-state index contributed by atoms with van der Waals surface area (Å²) in [7, 11) is 0. The zero-order valence-electron chi connectivity index (χ0n) is 11.0. The fourth-order valence-corrected chi connectivity index (χ4v) is 2.27. The van der Waals surface area contributed by atoms with Crippen molar-refractivity contribution in [3.05, 3.63) is 63.9 Å². The van der Waals surface area contributed by atoms with Gasteiger partial charge >= 0.3 is 0 Å². The van der Waals surface area contributed by atoms with Crippen LogP contribution >= 0.6 is 15.9 Å². The molecule has 2 aromatic rings. The third-order valence-corrected chi connectivity index (χ3v) is 3.60. The van der Waals surface area contributed by atoms with Crippen molar-refractivity contribution in [3.8, 4) is 5.75 Å². The van der Waals surface area contributed by atoms with Gasteiger partial charge in [-0.2, -0.15) is 0 Å². The topological polar surface area (TPSA) is 26.3 Å². The van der Waals surface area contributed by atoms with Gasteiger partial charge in [0, 0.05) is 16.5 Å². The van der Waals surface area contributed by atoms with E-state index >= 15 is 0 Å². The molecule has 0 radical (unpaired) electrons. The number of carbonyl (C=O) groups excluding carboxylic acids is 1. The second-order valence-corrected chi connectivity index (χ2v) is 5.15. The minimum absolute atomic E-state index is 0.0714. The van der Waals surface area contributed by atoms with E-state index in [2.05, 4.69) is 15.9 Å². The summed E-state index contributed by atoms with van der Waals surface area (Å²) in [6.07, 6.45) is 0.147. The summed E-state index contributed by atoms with van der Waals surface area (Å²) in [5, 5.41) is 0. The standard InChI is InChI=1S/C16H14BrFO2/c1-2-20-14-5-3-4-11(9-14)16(19)10-12-8-13(18)6-7-15(12)17/h3-9H,2,10H2,1H3. The van der Waals surface area contributed by atoms with E-state index in [4.69, 9.17) is 4.74 Å². The van der Waals surface area contributed by atoms with E-state index in [0.29, 0.717) is 23.5 Å². The number of hydrogen-bond acceptors (Lipinski definition) is 2. The molecule has 4 heteroatoms. The third kappa shape index (κ3) is 3.67. The third-order valence-electron chi connectivity index (χ3n) is 2.83. The van der Waals surface area contributed by atoms with Crippen molar-refractivity contribution in [2.75, 3.05) is 6.61 Å². The van der Waals surface area contributed by atoms with Crippen LogP contribution in [0.2, 0.25) is 0 Å². The van der Waals surface area contributed by atoms with Gasteiger partial charge in [0.05, 0.1) is 6.61 Å². The highest BCUT2D eigenvalue weighted by molar-refractivity contribution is 9.10. The predicted octanol–water partition coefficient (Wildman–Crippen LogP) is 4.41. The Morgan fingerprint density at radius 1 is 1.25 bits per heavy atom. The number of hydrogen-bond donors (Lipinski definition) is 0. The number of ketones is 1. The summed E-state index contributed by atoms with van der Waals surface area (Å²) in [5.41, 5.74) is 1.20. The lowest BCUT2D eigenvalue weighted by Crippen LogP contribution is -2.05. The molecule has 0 saturated heterocycles. The zero-order chi connectivity index (χ0) is 14.5. The molecule has 0 aliphatic carbocycles. The van der Waals surface area contributed by atoms with Gasteiger partial charge in [0.25, 0.3) is 0 Å². The molecule has 104 valence electrons. The van der Waals surface area contributed by atoms with Crippen LogP contribution in [-0.4, -0.2) is 12.4 Å². The average molecular weight is 337 g/mol. The van der Waals surface area contributed by atoms with Crippen molar-refractivity contribution in [3.63, 3.8) is 0 Å². The molecule has 2 nitrogen and oxygen atoms in total. The summed E-state index contributed by atoms with van der Waals surface area (Å²) in [5.74, 6) is 0.244. The van der Waals surface area contributed by atoms with E-state index in [1.807, 2.05) is 6.92 Å².